The zero-order valence-electron chi connectivity index (χ0n) is 13.9. The Morgan fingerprint density at radius 2 is 1.78 bits per heavy atom. The molecule has 0 atom stereocenters. The van der Waals surface area contributed by atoms with Gasteiger partial charge in [-0.25, -0.2) is 0 Å². The number of aromatic nitrogens is 1. The Morgan fingerprint density at radius 1 is 1.09 bits per heavy atom. The fourth-order valence-corrected chi connectivity index (χ4v) is 2.51. The van der Waals surface area contributed by atoms with Crippen LogP contribution in [0.15, 0.2) is 66.5 Å². The molecule has 0 aliphatic rings. The third-order valence-corrected chi connectivity index (χ3v) is 3.77. The van der Waals surface area contributed by atoms with Crippen LogP contribution in [0.25, 0.3) is 0 Å². The van der Waals surface area contributed by atoms with Gasteiger partial charge < -0.3 is 4.90 Å². The summed E-state index contributed by atoms with van der Waals surface area (Å²) in [4.78, 5) is 18.7. The molecule has 0 aliphatic carbocycles. The standard InChI is InChI=1S/C20H24N2O/c1-3-7-17(2)20(23)22(16-19-10-13-21-14-11-19)15-12-18-8-5-4-6-9-18/h4-11,13-14H,3,12,15-16H2,1-2H3. The summed E-state index contributed by atoms with van der Waals surface area (Å²) < 4.78 is 0. The molecular weight excluding hydrogens is 284 g/mol. The van der Waals surface area contributed by atoms with Gasteiger partial charge in [-0.3, -0.25) is 9.78 Å². The predicted molar refractivity (Wildman–Crippen MR) is 93.8 cm³/mol. The summed E-state index contributed by atoms with van der Waals surface area (Å²) in [7, 11) is 0. The van der Waals surface area contributed by atoms with E-state index in [1.165, 1.54) is 5.56 Å². The SMILES string of the molecule is CCC=C(C)C(=O)N(CCc1ccccc1)Cc1ccncc1. The van der Waals surface area contributed by atoms with Crippen LogP contribution in [0, 0.1) is 0 Å². The van der Waals surface area contributed by atoms with Crippen molar-refractivity contribution in [3.63, 3.8) is 0 Å². The van der Waals surface area contributed by atoms with E-state index in [4.69, 9.17) is 0 Å². The first-order valence-electron chi connectivity index (χ1n) is 8.09. The highest BCUT2D eigenvalue weighted by molar-refractivity contribution is 5.92. The van der Waals surface area contributed by atoms with Crippen LogP contribution >= 0.6 is 0 Å². The number of allylic oxidation sites excluding steroid dienone is 1. The number of amides is 1. The highest BCUT2D eigenvalue weighted by Crippen LogP contribution is 2.11. The summed E-state index contributed by atoms with van der Waals surface area (Å²) in [6.07, 6.45) is 7.26. The average molecular weight is 308 g/mol. The minimum Gasteiger partial charge on any atom is -0.334 e. The van der Waals surface area contributed by atoms with Crippen molar-refractivity contribution >= 4 is 5.91 Å². The van der Waals surface area contributed by atoms with Crippen LogP contribution in [0.3, 0.4) is 0 Å². The van der Waals surface area contributed by atoms with Crippen molar-refractivity contribution in [3.8, 4) is 0 Å². The third kappa shape index (κ3) is 5.37. The first kappa shape index (κ1) is 16.9. The number of carbonyl (C=O) groups excluding carboxylic acids is 1. The van der Waals surface area contributed by atoms with Crippen molar-refractivity contribution in [3.05, 3.63) is 77.6 Å². The molecule has 1 aromatic heterocycles. The molecule has 23 heavy (non-hydrogen) atoms. The van der Waals surface area contributed by atoms with Gasteiger partial charge in [-0.05, 0) is 43.0 Å². The molecule has 0 radical (unpaired) electrons. The molecule has 2 rings (SSSR count). The molecule has 0 aliphatic heterocycles. The summed E-state index contributed by atoms with van der Waals surface area (Å²) in [5, 5.41) is 0. The molecule has 0 saturated carbocycles. The van der Waals surface area contributed by atoms with Gasteiger partial charge in [-0.1, -0.05) is 43.3 Å². The molecule has 2 aromatic rings. The van der Waals surface area contributed by atoms with Crippen molar-refractivity contribution in [1.29, 1.82) is 0 Å². The Balaban J connectivity index is 2.10. The van der Waals surface area contributed by atoms with Gasteiger partial charge in [0.05, 0.1) is 0 Å². The monoisotopic (exact) mass is 308 g/mol. The van der Waals surface area contributed by atoms with Crippen LogP contribution in [0.1, 0.15) is 31.4 Å². The normalized spacial score (nSPS) is 11.3. The van der Waals surface area contributed by atoms with E-state index in [1.807, 2.05) is 55.2 Å². The van der Waals surface area contributed by atoms with Gasteiger partial charge in [0.15, 0.2) is 0 Å². The van der Waals surface area contributed by atoms with Crippen LogP contribution in [0.5, 0.6) is 0 Å². The van der Waals surface area contributed by atoms with Gasteiger partial charge in [0.25, 0.3) is 0 Å². The number of hydrogen-bond acceptors (Lipinski definition) is 2. The third-order valence-electron chi connectivity index (χ3n) is 3.77. The number of hydrogen-bond donors (Lipinski definition) is 0. The molecule has 0 N–H and O–H groups in total. The first-order valence-corrected chi connectivity index (χ1v) is 8.09. The number of benzene rings is 1. The van der Waals surface area contributed by atoms with E-state index in [2.05, 4.69) is 17.1 Å². The van der Waals surface area contributed by atoms with E-state index in [0.717, 1.165) is 24.0 Å². The van der Waals surface area contributed by atoms with Gasteiger partial charge in [0, 0.05) is 31.1 Å². The van der Waals surface area contributed by atoms with Crippen molar-refractivity contribution in [2.75, 3.05) is 6.54 Å². The molecule has 1 amide bonds. The lowest BCUT2D eigenvalue weighted by Gasteiger charge is -2.23. The van der Waals surface area contributed by atoms with Crippen LogP contribution in [-0.4, -0.2) is 22.3 Å². The Kier molecular flexibility index (Phi) is 6.55. The lowest BCUT2D eigenvalue weighted by molar-refractivity contribution is -0.127. The second-order valence-corrected chi connectivity index (χ2v) is 5.61. The Morgan fingerprint density at radius 3 is 2.43 bits per heavy atom. The van der Waals surface area contributed by atoms with E-state index < -0.39 is 0 Å². The van der Waals surface area contributed by atoms with Gasteiger partial charge in [0.2, 0.25) is 5.91 Å². The molecule has 0 saturated heterocycles. The van der Waals surface area contributed by atoms with Gasteiger partial charge in [-0.2, -0.15) is 0 Å². The van der Waals surface area contributed by atoms with Gasteiger partial charge in [-0.15, -0.1) is 0 Å². The predicted octanol–water partition coefficient (Wildman–Crippen LogP) is 4.01. The minimum atomic E-state index is 0.111. The van der Waals surface area contributed by atoms with Crippen molar-refractivity contribution < 1.29 is 4.79 Å². The second-order valence-electron chi connectivity index (χ2n) is 5.61. The highest BCUT2D eigenvalue weighted by Gasteiger charge is 2.15. The molecule has 0 spiro atoms. The van der Waals surface area contributed by atoms with Crippen molar-refractivity contribution in [1.82, 2.24) is 9.88 Å². The van der Waals surface area contributed by atoms with Crippen LogP contribution < -0.4 is 0 Å². The van der Waals surface area contributed by atoms with E-state index in [-0.39, 0.29) is 5.91 Å². The number of pyridine rings is 1. The first-order chi connectivity index (χ1) is 11.2. The summed E-state index contributed by atoms with van der Waals surface area (Å²) in [6, 6.07) is 14.2. The maximum Gasteiger partial charge on any atom is 0.249 e. The van der Waals surface area contributed by atoms with Crippen molar-refractivity contribution in [2.24, 2.45) is 0 Å². The van der Waals surface area contributed by atoms with Gasteiger partial charge >= 0.3 is 0 Å². The molecule has 0 bridgehead atoms. The molecule has 0 unspecified atom stereocenters. The average Bonchev–Trinajstić information content (AvgIpc) is 2.60. The Bertz CT molecular complexity index is 635. The number of rotatable bonds is 7. The topological polar surface area (TPSA) is 33.2 Å². The second kappa shape index (κ2) is 8.89. The number of nitrogens with zero attached hydrogens (tertiary/aromatic N) is 2. The lowest BCUT2D eigenvalue weighted by atomic mass is 10.1. The highest BCUT2D eigenvalue weighted by atomic mass is 16.2. The van der Waals surface area contributed by atoms with Crippen LogP contribution in [-0.2, 0) is 17.8 Å². The van der Waals surface area contributed by atoms with Crippen LogP contribution in [0.2, 0.25) is 0 Å². The van der Waals surface area contributed by atoms with Crippen LogP contribution in [0.4, 0.5) is 0 Å². The van der Waals surface area contributed by atoms with E-state index in [9.17, 15) is 4.79 Å². The van der Waals surface area contributed by atoms with E-state index in [1.54, 1.807) is 12.4 Å². The zero-order valence-corrected chi connectivity index (χ0v) is 13.9. The van der Waals surface area contributed by atoms with Gasteiger partial charge in [0.1, 0.15) is 0 Å². The maximum atomic E-state index is 12.7. The molecule has 3 heteroatoms. The smallest absolute Gasteiger partial charge is 0.249 e. The van der Waals surface area contributed by atoms with Crippen molar-refractivity contribution in [2.45, 2.75) is 33.2 Å². The quantitative estimate of drug-likeness (QED) is 0.724. The lowest BCUT2D eigenvalue weighted by Crippen LogP contribution is -2.33. The molecular formula is C20H24N2O. The fraction of sp³-hybridized carbons (Fsp3) is 0.300. The Labute approximate surface area is 138 Å². The molecule has 3 nitrogen and oxygen atoms in total. The van der Waals surface area contributed by atoms with E-state index in [0.29, 0.717) is 13.1 Å². The molecule has 1 heterocycles. The largest absolute Gasteiger partial charge is 0.334 e. The summed E-state index contributed by atoms with van der Waals surface area (Å²) >= 11 is 0. The van der Waals surface area contributed by atoms with E-state index >= 15 is 0 Å². The minimum absolute atomic E-state index is 0.111. The maximum absolute atomic E-state index is 12.7. The molecule has 0 fully saturated rings. The molecule has 1 aromatic carbocycles. The molecule has 120 valence electrons. The Hall–Kier alpha value is -2.42. The summed E-state index contributed by atoms with van der Waals surface area (Å²) in [5.74, 6) is 0.111. The summed E-state index contributed by atoms with van der Waals surface area (Å²) in [6.45, 7) is 5.27. The zero-order chi connectivity index (χ0) is 16.5. The number of carbonyl (C=O) groups is 1. The fourth-order valence-electron chi connectivity index (χ4n) is 2.51. The summed E-state index contributed by atoms with van der Waals surface area (Å²) in [5.41, 5.74) is 3.16.